The third-order valence-corrected chi connectivity index (χ3v) is 7.89. The minimum absolute atomic E-state index is 0.0877. The van der Waals surface area contributed by atoms with E-state index in [1.54, 1.807) is 13.0 Å². The van der Waals surface area contributed by atoms with E-state index in [4.69, 9.17) is 9.84 Å². The fraction of sp³-hybridized carbons (Fsp3) is 0.625. The summed E-state index contributed by atoms with van der Waals surface area (Å²) < 4.78 is 46.8. The lowest BCUT2D eigenvalue weighted by molar-refractivity contribution is -0.194. The average Bonchev–Trinajstić information content (AvgIpc) is 3.63. The van der Waals surface area contributed by atoms with E-state index in [-0.39, 0.29) is 30.0 Å². The normalized spacial score (nSPS) is 23.2. The van der Waals surface area contributed by atoms with Gasteiger partial charge in [0.1, 0.15) is 12.0 Å². The molecule has 4 fully saturated rings. The Hall–Kier alpha value is -2.58. The second kappa shape index (κ2) is 6.96. The van der Waals surface area contributed by atoms with Crippen LogP contribution in [0, 0.1) is 17.8 Å². The molecule has 2 aromatic rings. The van der Waals surface area contributed by atoms with Gasteiger partial charge in [-0.1, -0.05) is 0 Å². The van der Waals surface area contributed by atoms with E-state index in [1.165, 1.54) is 24.7 Å². The molecule has 0 atom stereocenters. The van der Waals surface area contributed by atoms with Gasteiger partial charge < -0.3 is 9.64 Å². The van der Waals surface area contributed by atoms with Crippen molar-refractivity contribution in [2.24, 2.45) is 10.8 Å². The highest BCUT2D eigenvalue weighted by Gasteiger charge is 2.64. The van der Waals surface area contributed by atoms with Crippen molar-refractivity contribution in [2.75, 3.05) is 19.7 Å². The standard InChI is InChI=1S/C24H27F3N4O2/c1-15-8-17(11-28-20(15)33-14-23(5-6-23)24(25,26)27)21(32)30-12-22(13-30)9-18(10-22)31-7-4-19(29-31)16-2-3-16/h4,7-8,11,16,18H,2-3,5-6,9-10,12-14H2,1H3. The van der Waals surface area contributed by atoms with Crippen molar-refractivity contribution in [3.63, 3.8) is 0 Å². The maximum absolute atomic E-state index is 13.1. The molecule has 2 aromatic heterocycles. The Morgan fingerprint density at radius 1 is 1.24 bits per heavy atom. The Kier molecular flexibility index (Phi) is 4.43. The van der Waals surface area contributed by atoms with Gasteiger partial charge in [0.2, 0.25) is 5.88 Å². The van der Waals surface area contributed by atoms with Gasteiger partial charge >= 0.3 is 6.18 Å². The van der Waals surface area contributed by atoms with Crippen LogP contribution in [0.25, 0.3) is 0 Å². The van der Waals surface area contributed by atoms with Crippen molar-refractivity contribution >= 4 is 5.91 Å². The molecule has 0 unspecified atom stereocenters. The molecule has 4 aliphatic rings. The number of aryl methyl sites for hydroxylation is 1. The summed E-state index contributed by atoms with van der Waals surface area (Å²) in [7, 11) is 0. The maximum atomic E-state index is 13.1. The van der Waals surface area contributed by atoms with Crippen molar-refractivity contribution in [3.05, 3.63) is 41.3 Å². The second-order valence-corrected chi connectivity index (χ2v) is 10.6. The number of pyridine rings is 1. The first kappa shape index (κ1) is 21.0. The van der Waals surface area contributed by atoms with Crippen LogP contribution in [-0.4, -0.2) is 51.4 Å². The summed E-state index contributed by atoms with van der Waals surface area (Å²) in [5, 5.41) is 4.74. The number of nitrogens with zero attached hydrogens (tertiary/aromatic N) is 4. The summed E-state index contributed by atoms with van der Waals surface area (Å²) in [6.07, 6.45) is 3.98. The third-order valence-electron chi connectivity index (χ3n) is 7.89. The number of carbonyl (C=O) groups excluding carboxylic acids is 1. The van der Waals surface area contributed by atoms with Crippen LogP contribution in [0.3, 0.4) is 0 Å². The SMILES string of the molecule is Cc1cc(C(=O)N2CC3(CC(n4ccc(C5CC5)n4)C3)C2)cnc1OCC1(C(F)(F)F)CC1. The smallest absolute Gasteiger partial charge is 0.397 e. The lowest BCUT2D eigenvalue weighted by atomic mass is 9.60. The molecule has 3 saturated carbocycles. The molecule has 0 N–H and O–H groups in total. The van der Waals surface area contributed by atoms with Gasteiger partial charge in [0.15, 0.2) is 0 Å². The minimum Gasteiger partial charge on any atom is -0.477 e. The highest BCUT2D eigenvalue weighted by molar-refractivity contribution is 5.94. The fourth-order valence-corrected chi connectivity index (χ4v) is 5.33. The van der Waals surface area contributed by atoms with Gasteiger partial charge in [-0.3, -0.25) is 9.48 Å². The fourth-order valence-electron chi connectivity index (χ4n) is 5.33. The first-order chi connectivity index (χ1) is 15.7. The third kappa shape index (κ3) is 3.60. The molecule has 176 valence electrons. The van der Waals surface area contributed by atoms with Gasteiger partial charge in [-0.25, -0.2) is 4.98 Å². The molecule has 6 rings (SSSR count). The van der Waals surface area contributed by atoms with E-state index in [9.17, 15) is 18.0 Å². The summed E-state index contributed by atoms with van der Waals surface area (Å²) in [6.45, 7) is 2.74. The van der Waals surface area contributed by atoms with Crippen LogP contribution in [0.1, 0.15) is 72.1 Å². The van der Waals surface area contributed by atoms with Crippen molar-refractivity contribution in [2.45, 2.75) is 63.6 Å². The molecule has 6 nitrogen and oxygen atoms in total. The van der Waals surface area contributed by atoms with E-state index >= 15 is 0 Å². The number of amides is 1. The number of alkyl halides is 3. The van der Waals surface area contributed by atoms with E-state index < -0.39 is 18.2 Å². The number of ether oxygens (including phenoxy) is 1. The van der Waals surface area contributed by atoms with Gasteiger partial charge in [-0.2, -0.15) is 18.3 Å². The number of aromatic nitrogens is 3. The zero-order valence-corrected chi connectivity index (χ0v) is 18.6. The Morgan fingerprint density at radius 3 is 2.58 bits per heavy atom. The van der Waals surface area contributed by atoms with Crippen LogP contribution in [0.2, 0.25) is 0 Å². The lowest BCUT2D eigenvalue weighted by Gasteiger charge is -2.58. The highest BCUT2D eigenvalue weighted by atomic mass is 19.4. The summed E-state index contributed by atoms with van der Waals surface area (Å²) in [4.78, 5) is 18.9. The number of hydrogen-bond acceptors (Lipinski definition) is 4. The van der Waals surface area contributed by atoms with Crippen molar-refractivity contribution in [1.29, 1.82) is 0 Å². The van der Waals surface area contributed by atoms with Gasteiger partial charge in [0.05, 0.1) is 17.3 Å². The van der Waals surface area contributed by atoms with Crippen LogP contribution in [0.4, 0.5) is 13.2 Å². The molecule has 1 spiro atoms. The molecule has 0 bridgehead atoms. The Balaban J connectivity index is 1.02. The Labute approximate surface area is 190 Å². The van der Waals surface area contributed by atoms with Crippen LogP contribution < -0.4 is 4.74 Å². The number of carbonyl (C=O) groups is 1. The molecular formula is C24H27F3N4O2. The van der Waals surface area contributed by atoms with Crippen molar-refractivity contribution in [1.82, 2.24) is 19.7 Å². The molecule has 0 aromatic carbocycles. The van der Waals surface area contributed by atoms with Gasteiger partial charge in [0.25, 0.3) is 5.91 Å². The zero-order chi connectivity index (χ0) is 23.0. The molecule has 9 heteroatoms. The predicted octanol–water partition coefficient (Wildman–Crippen LogP) is 4.66. The molecule has 1 saturated heterocycles. The van der Waals surface area contributed by atoms with Gasteiger partial charge in [-0.05, 0) is 57.6 Å². The summed E-state index contributed by atoms with van der Waals surface area (Å²) in [6, 6.07) is 4.21. The monoisotopic (exact) mass is 460 g/mol. The second-order valence-electron chi connectivity index (χ2n) is 10.6. The lowest BCUT2D eigenvalue weighted by Crippen LogP contribution is -2.63. The van der Waals surface area contributed by atoms with E-state index in [1.807, 2.05) is 4.90 Å². The topological polar surface area (TPSA) is 60.2 Å². The Bertz CT molecular complexity index is 1090. The first-order valence-electron chi connectivity index (χ1n) is 11.7. The van der Waals surface area contributed by atoms with Crippen LogP contribution in [-0.2, 0) is 0 Å². The number of likely N-dealkylation sites (tertiary alicyclic amines) is 1. The summed E-state index contributed by atoms with van der Waals surface area (Å²) in [5.41, 5.74) is 0.680. The quantitative estimate of drug-likeness (QED) is 0.629. The zero-order valence-electron chi connectivity index (χ0n) is 18.6. The molecule has 33 heavy (non-hydrogen) atoms. The number of halogens is 3. The predicted molar refractivity (Wildman–Crippen MR) is 113 cm³/mol. The molecular weight excluding hydrogens is 433 g/mol. The van der Waals surface area contributed by atoms with Crippen LogP contribution >= 0.6 is 0 Å². The highest BCUT2D eigenvalue weighted by Crippen LogP contribution is 2.57. The first-order valence-corrected chi connectivity index (χ1v) is 11.7. The summed E-state index contributed by atoms with van der Waals surface area (Å²) >= 11 is 0. The summed E-state index contributed by atoms with van der Waals surface area (Å²) in [5.74, 6) is 0.731. The number of rotatable bonds is 6. The van der Waals surface area contributed by atoms with Crippen LogP contribution in [0.5, 0.6) is 5.88 Å². The maximum Gasteiger partial charge on any atom is 0.397 e. The van der Waals surface area contributed by atoms with Gasteiger partial charge in [-0.15, -0.1) is 0 Å². The van der Waals surface area contributed by atoms with Crippen molar-refractivity contribution < 1.29 is 22.7 Å². The molecule has 1 amide bonds. The minimum atomic E-state index is -4.26. The molecule has 1 aliphatic heterocycles. The van der Waals surface area contributed by atoms with Gasteiger partial charge in [0, 0.05) is 42.4 Å². The largest absolute Gasteiger partial charge is 0.477 e. The van der Waals surface area contributed by atoms with Crippen molar-refractivity contribution in [3.8, 4) is 5.88 Å². The average molecular weight is 461 g/mol. The molecule has 3 aliphatic carbocycles. The number of hydrogen-bond donors (Lipinski definition) is 0. The molecule has 0 radical (unpaired) electrons. The molecule has 3 heterocycles. The van der Waals surface area contributed by atoms with E-state index in [2.05, 4.69) is 21.9 Å². The van der Waals surface area contributed by atoms with E-state index in [0.717, 1.165) is 25.9 Å². The Morgan fingerprint density at radius 2 is 1.97 bits per heavy atom. The van der Waals surface area contributed by atoms with Crippen LogP contribution in [0.15, 0.2) is 24.5 Å². The van der Waals surface area contributed by atoms with E-state index in [0.29, 0.717) is 23.1 Å².